The summed E-state index contributed by atoms with van der Waals surface area (Å²) in [6.07, 6.45) is 2.83. The lowest BCUT2D eigenvalue weighted by atomic mass is 10.1. The summed E-state index contributed by atoms with van der Waals surface area (Å²) >= 11 is 3.35. The van der Waals surface area contributed by atoms with Crippen molar-refractivity contribution in [3.05, 3.63) is 29.1 Å². The van der Waals surface area contributed by atoms with Crippen LogP contribution in [0.4, 0.5) is 4.39 Å². The van der Waals surface area contributed by atoms with Crippen molar-refractivity contribution in [3.8, 4) is 0 Å². The molecular weight excluding hydrogens is 345 g/mol. The Kier molecular flexibility index (Phi) is 6.61. The molecule has 0 aliphatic heterocycles. The summed E-state index contributed by atoms with van der Waals surface area (Å²) in [6, 6.07) is 2.52. The summed E-state index contributed by atoms with van der Waals surface area (Å²) in [7, 11) is -1.97. The van der Waals surface area contributed by atoms with Gasteiger partial charge in [0, 0.05) is 18.9 Å². The Morgan fingerprint density at radius 3 is 2.20 bits per heavy atom. The molecule has 1 aromatic carbocycles. The van der Waals surface area contributed by atoms with Crippen LogP contribution in [0.2, 0.25) is 0 Å². The lowest BCUT2D eigenvalue weighted by Gasteiger charge is -2.20. The minimum absolute atomic E-state index is 0.224. The molecule has 0 fully saturated rings. The zero-order valence-electron chi connectivity index (χ0n) is 12.1. The van der Waals surface area contributed by atoms with Gasteiger partial charge in [-0.1, -0.05) is 22.4 Å². The van der Waals surface area contributed by atoms with Crippen LogP contribution in [-0.2, 0) is 10.0 Å². The average molecular weight is 366 g/mol. The van der Waals surface area contributed by atoms with E-state index < -0.39 is 15.8 Å². The van der Waals surface area contributed by atoms with Crippen molar-refractivity contribution in [2.45, 2.75) is 38.0 Å². The number of halogens is 2. The molecule has 20 heavy (non-hydrogen) atoms. The first-order chi connectivity index (χ1) is 9.30. The quantitative estimate of drug-likeness (QED) is 0.546. The normalized spacial score (nSPS) is 12.1. The molecule has 0 bridgehead atoms. The number of rotatable bonds is 7. The maximum atomic E-state index is 13.3. The molecule has 0 amide bonds. The highest BCUT2D eigenvalue weighted by molar-refractivity contribution is 9.09. The van der Waals surface area contributed by atoms with E-state index in [1.54, 1.807) is 20.9 Å². The van der Waals surface area contributed by atoms with Gasteiger partial charge in [0.05, 0.1) is 4.90 Å². The molecule has 0 atom stereocenters. The molecule has 3 nitrogen and oxygen atoms in total. The monoisotopic (exact) mass is 365 g/mol. The molecule has 0 saturated carbocycles. The van der Waals surface area contributed by atoms with E-state index >= 15 is 0 Å². The number of sulfonamides is 1. The Balaban J connectivity index is 2.93. The van der Waals surface area contributed by atoms with E-state index in [1.165, 1.54) is 16.4 Å². The van der Waals surface area contributed by atoms with Crippen LogP contribution in [0.25, 0.3) is 0 Å². The van der Waals surface area contributed by atoms with Crippen LogP contribution in [0.5, 0.6) is 0 Å². The number of aryl methyl sites for hydroxylation is 2. The molecule has 0 saturated heterocycles. The molecule has 0 heterocycles. The van der Waals surface area contributed by atoms with Crippen molar-refractivity contribution in [3.63, 3.8) is 0 Å². The van der Waals surface area contributed by atoms with Gasteiger partial charge in [0.15, 0.2) is 0 Å². The Labute approximate surface area is 129 Å². The smallest absolute Gasteiger partial charge is 0.207 e. The minimum Gasteiger partial charge on any atom is -0.207 e. The molecule has 1 aromatic rings. The van der Waals surface area contributed by atoms with Crippen LogP contribution in [0.15, 0.2) is 17.0 Å². The van der Waals surface area contributed by atoms with Gasteiger partial charge in [-0.15, -0.1) is 0 Å². The van der Waals surface area contributed by atoms with Gasteiger partial charge < -0.3 is 0 Å². The molecule has 6 heteroatoms. The predicted octanol–water partition coefficient (Wildman–Crippen LogP) is 3.63. The topological polar surface area (TPSA) is 37.4 Å². The van der Waals surface area contributed by atoms with Crippen LogP contribution in [0, 0.1) is 19.7 Å². The first-order valence-electron chi connectivity index (χ1n) is 6.59. The Hall–Kier alpha value is -0.460. The van der Waals surface area contributed by atoms with Crippen LogP contribution in [0.3, 0.4) is 0 Å². The lowest BCUT2D eigenvalue weighted by molar-refractivity contribution is 0.453. The second kappa shape index (κ2) is 7.52. The molecule has 0 N–H and O–H groups in total. The van der Waals surface area contributed by atoms with E-state index in [2.05, 4.69) is 15.9 Å². The molecule has 0 unspecified atom stereocenters. The van der Waals surface area contributed by atoms with Gasteiger partial charge in [-0.3, -0.25) is 0 Å². The van der Waals surface area contributed by atoms with Crippen molar-refractivity contribution in [2.75, 3.05) is 18.9 Å². The summed E-state index contributed by atoms with van der Waals surface area (Å²) in [5.74, 6) is -0.404. The molecular formula is C14H21BrFNO2S. The largest absolute Gasteiger partial charge is 0.243 e. The van der Waals surface area contributed by atoms with E-state index in [0.717, 1.165) is 24.6 Å². The summed E-state index contributed by atoms with van der Waals surface area (Å²) in [4.78, 5) is 0.224. The Morgan fingerprint density at radius 2 is 1.70 bits per heavy atom. The fourth-order valence-electron chi connectivity index (χ4n) is 2.19. The number of unbranched alkanes of at least 4 members (excludes halogenated alkanes) is 2. The number of nitrogens with zero attached hydrogens (tertiary/aromatic N) is 1. The third-order valence-electron chi connectivity index (χ3n) is 3.20. The predicted molar refractivity (Wildman–Crippen MR) is 83.3 cm³/mol. The van der Waals surface area contributed by atoms with E-state index in [1.807, 2.05) is 0 Å². The number of alkyl halides is 1. The van der Waals surface area contributed by atoms with Gasteiger partial charge in [-0.05, 0) is 49.9 Å². The second-order valence-electron chi connectivity index (χ2n) is 4.94. The van der Waals surface area contributed by atoms with Crippen LogP contribution >= 0.6 is 15.9 Å². The summed E-state index contributed by atoms with van der Waals surface area (Å²) in [5.41, 5.74) is 0.907. The zero-order valence-corrected chi connectivity index (χ0v) is 14.5. The van der Waals surface area contributed by atoms with E-state index in [4.69, 9.17) is 0 Å². The summed E-state index contributed by atoms with van der Waals surface area (Å²) in [6.45, 7) is 3.73. The van der Waals surface area contributed by atoms with Gasteiger partial charge in [0.25, 0.3) is 0 Å². The first kappa shape index (κ1) is 17.6. The highest BCUT2D eigenvalue weighted by Crippen LogP contribution is 2.24. The van der Waals surface area contributed by atoms with Gasteiger partial charge in [0.1, 0.15) is 5.82 Å². The van der Waals surface area contributed by atoms with Gasteiger partial charge in [-0.25, -0.2) is 17.1 Å². The maximum Gasteiger partial charge on any atom is 0.243 e. The Morgan fingerprint density at radius 1 is 1.15 bits per heavy atom. The molecule has 114 valence electrons. The van der Waals surface area contributed by atoms with Crippen molar-refractivity contribution >= 4 is 26.0 Å². The zero-order chi connectivity index (χ0) is 15.3. The Bertz CT molecular complexity index is 537. The molecule has 0 spiro atoms. The maximum absolute atomic E-state index is 13.3. The standard InChI is InChI=1S/C14H21BrFNO2S/c1-11-9-13(16)10-12(2)14(11)20(18,19)17(3)8-6-4-5-7-15/h9-10H,4-8H2,1-3H3. The molecule has 0 radical (unpaired) electrons. The first-order valence-corrected chi connectivity index (χ1v) is 9.16. The number of benzene rings is 1. The van der Waals surface area contributed by atoms with Crippen LogP contribution in [0.1, 0.15) is 30.4 Å². The van der Waals surface area contributed by atoms with E-state index in [0.29, 0.717) is 17.7 Å². The SMILES string of the molecule is Cc1cc(F)cc(C)c1S(=O)(=O)N(C)CCCCCBr. The summed E-state index contributed by atoms with van der Waals surface area (Å²) in [5, 5.41) is 0.930. The highest BCUT2D eigenvalue weighted by Gasteiger charge is 2.24. The fraction of sp³-hybridized carbons (Fsp3) is 0.571. The fourth-order valence-corrected chi connectivity index (χ4v) is 4.20. The van der Waals surface area contributed by atoms with Crippen LogP contribution in [-0.4, -0.2) is 31.6 Å². The average Bonchev–Trinajstić information content (AvgIpc) is 2.32. The summed E-state index contributed by atoms with van der Waals surface area (Å²) < 4.78 is 39.7. The minimum atomic E-state index is -3.55. The van der Waals surface area contributed by atoms with Crippen molar-refractivity contribution in [1.82, 2.24) is 4.31 Å². The van der Waals surface area contributed by atoms with Gasteiger partial charge in [-0.2, -0.15) is 0 Å². The van der Waals surface area contributed by atoms with Crippen molar-refractivity contribution < 1.29 is 12.8 Å². The van der Waals surface area contributed by atoms with Crippen LogP contribution < -0.4 is 0 Å². The van der Waals surface area contributed by atoms with Gasteiger partial charge in [0.2, 0.25) is 10.0 Å². The number of hydrogen-bond donors (Lipinski definition) is 0. The molecule has 0 aromatic heterocycles. The van der Waals surface area contributed by atoms with E-state index in [9.17, 15) is 12.8 Å². The van der Waals surface area contributed by atoms with Crippen molar-refractivity contribution in [2.24, 2.45) is 0 Å². The molecule has 1 rings (SSSR count). The third kappa shape index (κ3) is 4.27. The molecule has 0 aliphatic carbocycles. The van der Waals surface area contributed by atoms with Crippen molar-refractivity contribution in [1.29, 1.82) is 0 Å². The second-order valence-corrected chi connectivity index (χ2v) is 7.72. The van der Waals surface area contributed by atoms with Gasteiger partial charge >= 0.3 is 0 Å². The lowest BCUT2D eigenvalue weighted by Crippen LogP contribution is -2.29. The third-order valence-corrected chi connectivity index (χ3v) is 5.92. The molecule has 0 aliphatic rings. The highest BCUT2D eigenvalue weighted by atomic mass is 79.9. The number of hydrogen-bond acceptors (Lipinski definition) is 2. The van der Waals surface area contributed by atoms with E-state index in [-0.39, 0.29) is 4.90 Å².